The molecule has 0 radical (unpaired) electrons. The first-order chi connectivity index (χ1) is 8.02. The highest BCUT2D eigenvalue weighted by Crippen LogP contribution is 2.29. The summed E-state index contributed by atoms with van der Waals surface area (Å²) in [4.78, 5) is 13.1. The summed E-state index contributed by atoms with van der Waals surface area (Å²) >= 11 is 11.7. The molecule has 3 nitrogen and oxygen atoms in total. The zero-order valence-electron chi connectivity index (χ0n) is 9.31. The minimum atomic E-state index is -1.02. The van der Waals surface area contributed by atoms with E-state index in [2.05, 4.69) is 0 Å². The highest BCUT2D eigenvalue weighted by molar-refractivity contribution is 6.38. The molecule has 1 N–H and O–H groups in total. The number of rotatable bonds is 2. The van der Waals surface area contributed by atoms with Crippen molar-refractivity contribution >= 4 is 29.1 Å². The van der Waals surface area contributed by atoms with E-state index < -0.39 is 17.0 Å². The van der Waals surface area contributed by atoms with E-state index in [9.17, 15) is 9.90 Å². The number of halogens is 2. The molecule has 92 valence electrons. The molecule has 1 fully saturated rings. The van der Waals surface area contributed by atoms with Crippen molar-refractivity contribution in [2.24, 2.45) is 0 Å². The van der Waals surface area contributed by atoms with Crippen LogP contribution in [0.4, 0.5) is 0 Å². The van der Waals surface area contributed by atoms with E-state index in [4.69, 9.17) is 23.2 Å². The van der Waals surface area contributed by atoms with Crippen molar-refractivity contribution in [3.05, 3.63) is 35.4 Å². The van der Waals surface area contributed by atoms with Crippen molar-refractivity contribution in [3.8, 4) is 0 Å². The highest BCUT2D eigenvalue weighted by Gasteiger charge is 2.45. The minimum Gasteiger partial charge on any atom is -0.372 e. The Morgan fingerprint density at radius 3 is 2.53 bits per heavy atom. The molecule has 5 heteroatoms. The predicted molar refractivity (Wildman–Crippen MR) is 67.0 cm³/mol. The van der Waals surface area contributed by atoms with Crippen molar-refractivity contribution in [1.29, 1.82) is 0 Å². The van der Waals surface area contributed by atoms with Crippen molar-refractivity contribution in [1.82, 2.24) is 4.90 Å². The number of aryl methyl sites for hydroxylation is 1. The lowest BCUT2D eigenvalue weighted by Crippen LogP contribution is -2.35. The lowest BCUT2D eigenvalue weighted by atomic mass is 10.1. The van der Waals surface area contributed by atoms with Gasteiger partial charge in [-0.1, -0.05) is 24.3 Å². The second kappa shape index (κ2) is 4.84. The van der Waals surface area contributed by atoms with Gasteiger partial charge in [0.05, 0.1) is 0 Å². The van der Waals surface area contributed by atoms with E-state index in [0.29, 0.717) is 6.54 Å². The Labute approximate surface area is 110 Å². The molecule has 0 aliphatic carbocycles. The molecular weight excluding hydrogens is 261 g/mol. The largest absolute Gasteiger partial charge is 0.372 e. The van der Waals surface area contributed by atoms with Crippen molar-refractivity contribution in [2.75, 3.05) is 0 Å². The van der Waals surface area contributed by atoms with Crippen LogP contribution >= 0.6 is 23.2 Å². The topological polar surface area (TPSA) is 40.5 Å². The molecule has 1 aliphatic rings. The predicted octanol–water partition coefficient (Wildman–Crippen LogP) is 1.87. The lowest BCUT2D eigenvalue weighted by molar-refractivity contribution is -0.133. The van der Waals surface area contributed by atoms with Crippen LogP contribution in [-0.2, 0) is 11.3 Å². The summed E-state index contributed by atoms with van der Waals surface area (Å²) in [5.41, 5.74) is 2.05. The van der Waals surface area contributed by atoms with Gasteiger partial charge in [-0.2, -0.15) is 0 Å². The average molecular weight is 274 g/mol. The van der Waals surface area contributed by atoms with E-state index in [1.54, 1.807) is 0 Å². The third-order valence-electron chi connectivity index (χ3n) is 3.00. The van der Waals surface area contributed by atoms with Gasteiger partial charge in [-0.25, -0.2) is 0 Å². The normalized spacial score (nSPS) is 28.8. The second-order valence-corrected chi connectivity index (χ2v) is 5.13. The standard InChI is InChI=1S/C12H13Cl2NO2/c1-7-4-2-3-5-8(7)6-15-11(16)9(13)10(14)12(15)17/h2-5,9-11,16H,6H2,1H3. The van der Waals surface area contributed by atoms with Crippen LogP contribution in [0.25, 0.3) is 0 Å². The molecule has 1 heterocycles. The van der Waals surface area contributed by atoms with Crippen LogP contribution in [0, 0.1) is 6.92 Å². The Hall–Kier alpha value is -0.770. The van der Waals surface area contributed by atoms with Gasteiger partial charge in [0.25, 0.3) is 0 Å². The smallest absolute Gasteiger partial charge is 0.244 e. The summed E-state index contributed by atoms with van der Waals surface area (Å²) in [6, 6.07) is 7.69. The fourth-order valence-electron chi connectivity index (χ4n) is 1.89. The first kappa shape index (κ1) is 12.7. The summed E-state index contributed by atoms with van der Waals surface area (Å²) < 4.78 is 0. The maximum absolute atomic E-state index is 11.8. The van der Waals surface area contributed by atoms with Gasteiger partial charge in [0, 0.05) is 6.54 Å². The van der Waals surface area contributed by atoms with Gasteiger partial charge >= 0.3 is 0 Å². The monoisotopic (exact) mass is 273 g/mol. The van der Waals surface area contributed by atoms with Crippen LogP contribution in [0.1, 0.15) is 11.1 Å². The van der Waals surface area contributed by atoms with E-state index in [-0.39, 0.29) is 5.91 Å². The molecule has 0 saturated carbocycles. The quantitative estimate of drug-likeness (QED) is 0.836. The molecule has 1 aromatic rings. The third-order valence-corrected chi connectivity index (χ3v) is 4.07. The number of alkyl halides is 2. The Balaban J connectivity index is 2.20. The number of benzene rings is 1. The summed E-state index contributed by atoms with van der Waals surface area (Å²) in [5, 5.41) is 8.23. The number of aliphatic hydroxyl groups is 1. The molecule has 17 heavy (non-hydrogen) atoms. The molecule has 0 bridgehead atoms. The van der Waals surface area contributed by atoms with Gasteiger partial charge < -0.3 is 10.0 Å². The third kappa shape index (κ3) is 2.28. The SMILES string of the molecule is Cc1ccccc1CN1C(=O)C(Cl)C(Cl)C1O. The average Bonchev–Trinajstić information content (AvgIpc) is 2.50. The van der Waals surface area contributed by atoms with Crippen molar-refractivity contribution in [2.45, 2.75) is 30.5 Å². The molecular formula is C12H13Cl2NO2. The Kier molecular flexibility index (Phi) is 3.61. The van der Waals surface area contributed by atoms with Gasteiger partial charge in [0.2, 0.25) is 5.91 Å². The highest BCUT2D eigenvalue weighted by atomic mass is 35.5. The Morgan fingerprint density at radius 2 is 2.00 bits per heavy atom. The van der Waals surface area contributed by atoms with Gasteiger partial charge in [0.1, 0.15) is 17.0 Å². The first-order valence-corrected chi connectivity index (χ1v) is 6.21. The summed E-state index contributed by atoms with van der Waals surface area (Å²) in [7, 11) is 0. The Bertz CT molecular complexity index is 438. The van der Waals surface area contributed by atoms with Crippen molar-refractivity contribution < 1.29 is 9.90 Å². The van der Waals surface area contributed by atoms with E-state index in [1.165, 1.54) is 4.90 Å². The lowest BCUT2D eigenvalue weighted by Gasteiger charge is -2.22. The maximum atomic E-state index is 11.8. The van der Waals surface area contributed by atoms with E-state index >= 15 is 0 Å². The van der Waals surface area contributed by atoms with Crippen LogP contribution in [-0.4, -0.2) is 32.9 Å². The molecule has 2 rings (SSSR count). The van der Waals surface area contributed by atoms with E-state index in [0.717, 1.165) is 11.1 Å². The fraction of sp³-hybridized carbons (Fsp3) is 0.417. The zero-order chi connectivity index (χ0) is 12.6. The number of aliphatic hydroxyl groups excluding tert-OH is 1. The molecule has 1 aromatic carbocycles. The van der Waals surface area contributed by atoms with E-state index in [1.807, 2.05) is 31.2 Å². The number of hydrogen-bond acceptors (Lipinski definition) is 2. The Morgan fingerprint density at radius 1 is 1.35 bits per heavy atom. The minimum absolute atomic E-state index is 0.317. The van der Waals surface area contributed by atoms with Gasteiger partial charge in [-0.05, 0) is 18.1 Å². The first-order valence-electron chi connectivity index (χ1n) is 5.33. The van der Waals surface area contributed by atoms with Gasteiger partial charge in [-0.3, -0.25) is 4.79 Å². The molecule has 3 atom stereocenters. The number of nitrogens with zero attached hydrogens (tertiary/aromatic N) is 1. The molecule has 0 aromatic heterocycles. The fourth-order valence-corrected chi connectivity index (χ4v) is 2.39. The number of amides is 1. The summed E-state index contributed by atoms with van der Waals surface area (Å²) in [6.45, 7) is 2.29. The van der Waals surface area contributed by atoms with Crippen LogP contribution in [0.3, 0.4) is 0 Å². The van der Waals surface area contributed by atoms with Crippen LogP contribution in [0.5, 0.6) is 0 Å². The molecule has 3 unspecified atom stereocenters. The maximum Gasteiger partial charge on any atom is 0.244 e. The molecule has 1 aliphatic heterocycles. The molecule has 0 spiro atoms. The van der Waals surface area contributed by atoms with Crippen LogP contribution in [0.2, 0.25) is 0 Å². The number of carbonyl (C=O) groups excluding carboxylic acids is 1. The van der Waals surface area contributed by atoms with Gasteiger partial charge in [-0.15, -0.1) is 23.2 Å². The summed E-state index contributed by atoms with van der Waals surface area (Å²) in [6.07, 6.45) is -1.02. The summed E-state index contributed by atoms with van der Waals surface area (Å²) in [5.74, 6) is -0.317. The van der Waals surface area contributed by atoms with Crippen molar-refractivity contribution in [3.63, 3.8) is 0 Å². The second-order valence-electron chi connectivity index (χ2n) is 4.15. The number of likely N-dealkylation sites (tertiary alicyclic amines) is 1. The van der Waals surface area contributed by atoms with Crippen LogP contribution < -0.4 is 0 Å². The molecule has 1 amide bonds. The molecule has 1 saturated heterocycles. The van der Waals surface area contributed by atoms with Gasteiger partial charge in [0.15, 0.2) is 0 Å². The number of hydrogen-bond donors (Lipinski definition) is 1. The zero-order valence-corrected chi connectivity index (χ0v) is 10.8. The van der Waals surface area contributed by atoms with Crippen LogP contribution in [0.15, 0.2) is 24.3 Å². The number of carbonyl (C=O) groups is 1.